The highest BCUT2D eigenvalue weighted by Crippen LogP contribution is 2.11. The molecule has 7 heteroatoms. The molecule has 0 spiro atoms. The highest BCUT2D eigenvalue weighted by atomic mass is 32.1. The molecular weight excluding hydrogens is 358 g/mol. The van der Waals surface area contributed by atoms with Crippen LogP contribution in [0.25, 0.3) is 0 Å². The molecule has 1 aromatic carbocycles. The summed E-state index contributed by atoms with van der Waals surface area (Å²) in [6.45, 7) is 8.35. The maximum Gasteiger partial charge on any atom is 0.191 e. The fraction of sp³-hybridized carbons (Fsp3) is 0.500. The van der Waals surface area contributed by atoms with Crippen molar-refractivity contribution in [3.63, 3.8) is 0 Å². The van der Waals surface area contributed by atoms with Crippen LogP contribution in [0.3, 0.4) is 0 Å². The van der Waals surface area contributed by atoms with Crippen LogP contribution in [0.4, 0.5) is 0 Å². The van der Waals surface area contributed by atoms with Gasteiger partial charge in [0, 0.05) is 57.3 Å². The van der Waals surface area contributed by atoms with Gasteiger partial charge in [-0.3, -0.25) is 9.89 Å². The second-order valence-electron chi connectivity index (χ2n) is 6.68. The lowest BCUT2D eigenvalue weighted by molar-refractivity contribution is 0.0342. The first kappa shape index (κ1) is 19.8. The molecule has 1 aliphatic rings. The van der Waals surface area contributed by atoms with Crippen LogP contribution < -0.4 is 10.6 Å². The Kier molecular flexibility index (Phi) is 7.62. The van der Waals surface area contributed by atoms with Crippen molar-refractivity contribution in [2.75, 3.05) is 39.9 Å². The minimum atomic E-state index is 0.757. The van der Waals surface area contributed by atoms with Gasteiger partial charge in [-0.2, -0.15) is 0 Å². The van der Waals surface area contributed by atoms with E-state index in [0.717, 1.165) is 63.3 Å². The van der Waals surface area contributed by atoms with Crippen LogP contribution in [0.15, 0.2) is 35.5 Å². The third-order valence-corrected chi connectivity index (χ3v) is 5.46. The molecule has 0 amide bonds. The average molecular weight is 388 g/mol. The number of morpholine rings is 1. The van der Waals surface area contributed by atoms with Gasteiger partial charge in [0.1, 0.15) is 0 Å². The van der Waals surface area contributed by atoms with Crippen molar-refractivity contribution in [2.24, 2.45) is 4.99 Å². The molecule has 0 radical (unpaired) electrons. The van der Waals surface area contributed by atoms with E-state index >= 15 is 0 Å². The number of thiazole rings is 1. The van der Waals surface area contributed by atoms with E-state index in [0.29, 0.717) is 0 Å². The molecule has 1 saturated heterocycles. The summed E-state index contributed by atoms with van der Waals surface area (Å²) in [7, 11) is 1.80. The van der Waals surface area contributed by atoms with Gasteiger partial charge in [0.15, 0.2) is 5.96 Å². The van der Waals surface area contributed by atoms with Crippen LogP contribution in [0, 0.1) is 6.92 Å². The predicted octanol–water partition coefficient (Wildman–Crippen LogP) is 2.19. The van der Waals surface area contributed by atoms with Crippen molar-refractivity contribution in [2.45, 2.75) is 26.4 Å². The van der Waals surface area contributed by atoms with Gasteiger partial charge in [0.25, 0.3) is 0 Å². The number of nitrogens with zero attached hydrogens (tertiary/aromatic N) is 3. The monoisotopic (exact) mass is 387 g/mol. The summed E-state index contributed by atoms with van der Waals surface area (Å²) in [6.07, 6.45) is 2.84. The lowest BCUT2D eigenvalue weighted by atomic mass is 10.1. The third-order valence-electron chi connectivity index (χ3n) is 4.49. The van der Waals surface area contributed by atoms with Crippen LogP contribution in [-0.4, -0.2) is 55.7 Å². The molecule has 146 valence electrons. The second-order valence-corrected chi connectivity index (χ2v) is 7.99. The van der Waals surface area contributed by atoms with E-state index in [9.17, 15) is 0 Å². The number of hydrogen-bond acceptors (Lipinski definition) is 5. The van der Waals surface area contributed by atoms with E-state index in [1.165, 1.54) is 16.0 Å². The van der Waals surface area contributed by atoms with Crippen molar-refractivity contribution in [1.82, 2.24) is 20.5 Å². The molecule has 1 fully saturated rings. The SMILES string of the molecule is CN=C(NCCc1ncc(C)s1)NCc1cccc(CN2CCOCC2)c1. The molecule has 27 heavy (non-hydrogen) atoms. The average Bonchev–Trinajstić information content (AvgIpc) is 3.11. The summed E-state index contributed by atoms with van der Waals surface area (Å²) in [5.74, 6) is 0.821. The van der Waals surface area contributed by atoms with Crippen molar-refractivity contribution in [3.8, 4) is 0 Å². The summed E-state index contributed by atoms with van der Waals surface area (Å²) in [4.78, 5) is 12.4. The molecule has 2 N–H and O–H groups in total. The predicted molar refractivity (Wildman–Crippen MR) is 111 cm³/mol. The zero-order valence-electron chi connectivity index (χ0n) is 16.2. The number of hydrogen-bond donors (Lipinski definition) is 2. The molecule has 2 aromatic rings. The minimum Gasteiger partial charge on any atom is -0.379 e. The first-order chi connectivity index (χ1) is 13.2. The largest absolute Gasteiger partial charge is 0.379 e. The maximum atomic E-state index is 5.42. The first-order valence-corrected chi connectivity index (χ1v) is 10.3. The van der Waals surface area contributed by atoms with E-state index in [1.54, 1.807) is 18.4 Å². The summed E-state index contributed by atoms with van der Waals surface area (Å²) >= 11 is 1.75. The van der Waals surface area contributed by atoms with Crippen LogP contribution in [0.1, 0.15) is 21.0 Å². The number of aromatic nitrogens is 1. The quantitative estimate of drug-likeness (QED) is 0.563. The molecule has 0 unspecified atom stereocenters. The Morgan fingerprint density at radius 1 is 1.26 bits per heavy atom. The maximum absolute atomic E-state index is 5.42. The Morgan fingerprint density at radius 2 is 2.07 bits per heavy atom. The minimum absolute atomic E-state index is 0.757. The van der Waals surface area contributed by atoms with E-state index < -0.39 is 0 Å². The molecule has 6 nitrogen and oxygen atoms in total. The lowest BCUT2D eigenvalue weighted by Crippen LogP contribution is -2.38. The Hall–Kier alpha value is -1.96. The number of rotatable bonds is 7. The van der Waals surface area contributed by atoms with E-state index in [-0.39, 0.29) is 0 Å². The van der Waals surface area contributed by atoms with Crippen molar-refractivity contribution < 1.29 is 4.74 Å². The summed E-state index contributed by atoms with van der Waals surface area (Å²) in [6, 6.07) is 8.76. The highest BCUT2D eigenvalue weighted by Gasteiger charge is 2.10. The molecule has 2 heterocycles. The Labute approximate surface area is 165 Å². The zero-order valence-corrected chi connectivity index (χ0v) is 17.0. The van der Waals surface area contributed by atoms with E-state index in [2.05, 4.69) is 56.7 Å². The molecule has 0 aliphatic carbocycles. The van der Waals surface area contributed by atoms with Crippen molar-refractivity contribution in [3.05, 3.63) is 51.5 Å². The summed E-state index contributed by atoms with van der Waals surface area (Å²) in [5.41, 5.74) is 2.61. The van der Waals surface area contributed by atoms with Crippen LogP contribution in [0.2, 0.25) is 0 Å². The topological polar surface area (TPSA) is 61.8 Å². The summed E-state index contributed by atoms with van der Waals surface area (Å²) in [5, 5.41) is 7.92. The van der Waals surface area contributed by atoms with Gasteiger partial charge < -0.3 is 15.4 Å². The molecule has 3 rings (SSSR count). The number of benzene rings is 1. The van der Waals surface area contributed by atoms with Gasteiger partial charge in [-0.25, -0.2) is 4.98 Å². The van der Waals surface area contributed by atoms with Gasteiger partial charge >= 0.3 is 0 Å². The van der Waals surface area contributed by atoms with Gasteiger partial charge in [-0.05, 0) is 18.1 Å². The van der Waals surface area contributed by atoms with Crippen molar-refractivity contribution >= 4 is 17.3 Å². The molecule has 0 saturated carbocycles. The second kappa shape index (κ2) is 10.4. The fourth-order valence-corrected chi connectivity index (χ4v) is 3.85. The van der Waals surface area contributed by atoms with Crippen LogP contribution >= 0.6 is 11.3 Å². The normalized spacial score (nSPS) is 15.7. The number of nitrogens with one attached hydrogen (secondary N) is 2. The van der Waals surface area contributed by atoms with Gasteiger partial charge in [-0.1, -0.05) is 24.3 Å². The Bertz CT molecular complexity index is 739. The molecule has 1 aliphatic heterocycles. The zero-order chi connectivity index (χ0) is 18.9. The Morgan fingerprint density at radius 3 is 2.81 bits per heavy atom. The molecule has 0 bridgehead atoms. The van der Waals surface area contributed by atoms with E-state index in [1.807, 2.05) is 6.20 Å². The lowest BCUT2D eigenvalue weighted by Gasteiger charge is -2.26. The fourth-order valence-electron chi connectivity index (χ4n) is 3.07. The Balaban J connectivity index is 1.44. The highest BCUT2D eigenvalue weighted by molar-refractivity contribution is 7.11. The number of guanidine groups is 1. The van der Waals surface area contributed by atoms with Crippen LogP contribution in [-0.2, 0) is 24.2 Å². The standard InChI is InChI=1S/C20H29N5OS/c1-16-13-23-19(27-16)6-7-22-20(21-2)24-14-17-4-3-5-18(12-17)15-25-8-10-26-11-9-25/h3-5,12-13H,6-11,14-15H2,1-2H3,(H2,21,22,24). The number of aliphatic imine (C=N–C) groups is 1. The van der Waals surface area contributed by atoms with Gasteiger partial charge in [0.2, 0.25) is 0 Å². The van der Waals surface area contributed by atoms with Gasteiger partial charge in [0.05, 0.1) is 18.2 Å². The van der Waals surface area contributed by atoms with E-state index in [4.69, 9.17) is 4.74 Å². The van der Waals surface area contributed by atoms with Crippen LogP contribution in [0.5, 0.6) is 0 Å². The first-order valence-electron chi connectivity index (χ1n) is 9.46. The number of aryl methyl sites for hydroxylation is 1. The molecule has 0 atom stereocenters. The molecular formula is C20H29N5OS. The number of ether oxygens (including phenoxy) is 1. The van der Waals surface area contributed by atoms with Crippen molar-refractivity contribution in [1.29, 1.82) is 0 Å². The third kappa shape index (κ3) is 6.61. The molecule has 1 aromatic heterocycles. The summed E-state index contributed by atoms with van der Waals surface area (Å²) < 4.78 is 5.42. The smallest absolute Gasteiger partial charge is 0.191 e. The van der Waals surface area contributed by atoms with Gasteiger partial charge in [-0.15, -0.1) is 11.3 Å².